The van der Waals surface area contributed by atoms with Gasteiger partial charge in [-0.3, -0.25) is 4.79 Å². The Labute approximate surface area is 98.3 Å². The number of aromatic nitrogens is 2. The molecule has 0 atom stereocenters. The van der Waals surface area contributed by atoms with Crippen molar-refractivity contribution in [3.63, 3.8) is 0 Å². The lowest BCUT2D eigenvalue weighted by Gasteiger charge is -2.08. The molecule has 17 heavy (non-hydrogen) atoms. The molecule has 0 bridgehead atoms. The van der Waals surface area contributed by atoms with Crippen molar-refractivity contribution < 1.29 is 4.74 Å². The number of nitrogen functional groups attached to an aromatic ring is 1. The fraction of sp³-hybridized carbons (Fsp3) is 0.167. The van der Waals surface area contributed by atoms with Gasteiger partial charge in [-0.1, -0.05) is 6.07 Å². The van der Waals surface area contributed by atoms with Crippen LogP contribution < -0.4 is 16.0 Å². The van der Waals surface area contributed by atoms with Crippen molar-refractivity contribution >= 4 is 5.82 Å². The van der Waals surface area contributed by atoms with Crippen molar-refractivity contribution in [3.8, 4) is 17.1 Å². The Bertz CT molecular complexity index is 605. The fourth-order valence-electron chi connectivity index (χ4n) is 1.60. The van der Waals surface area contributed by atoms with Crippen molar-refractivity contribution in [1.29, 1.82) is 0 Å². The number of hydrogen-bond donors (Lipinski definition) is 2. The molecule has 3 N–H and O–H groups in total. The van der Waals surface area contributed by atoms with E-state index in [1.54, 1.807) is 7.11 Å². The van der Waals surface area contributed by atoms with E-state index in [1.807, 2.05) is 25.1 Å². The number of anilines is 1. The van der Waals surface area contributed by atoms with Crippen LogP contribution in [0.15, 0.2) is 29.1 Å². The third-order valence-electron chi connectivity index (χ3n) is 2.37. The first-order valence-electron chi connectivity index (χ1n) is 5.12. The molecule has 0 amide bonds. The molecule has 0 saturated heterocycles. The third kappa shape index (κ3) is 2.28. The maximum atomic E-state index is 11.3. The molecule has 1 aromatic heterocycles. The Morgan fingerprint density at radius 3 is 2.76 bits per heavy atom. The Morgan fingerprint density at radius 2 is 2.12 bits per heavy atom. The maximum absolute atomic E-state index is 11.3. The highest BCUT2D eigenvalue weighted by molar-refractivity contribution is 5.65. The van der Waals surface area contributed by atoms with Crippen LogP contribution in [-0.2, 0) is 0 Å². The van der Waals surface area contributed by atoms with Crippen molar-refractivity contribution in [2.75, 3.05) is 12.8 Å². The largest absolute Gasteiger partial charge is 0.496 e. The van der Waals surface area contributed by atoms with E-state index in [9.17, 15) is 4.79 Å². The minimum atomic E-state index is -0.282. The summed E-state index contributed by atoms with van der Waals surface area (Å²) in [6.07, 6.45) is 0. The molecule has 88 valence electrons. The minimum absolute atomic E-state index is 0.186. The van der Waals surface area contributed by atoms with Crippen LogP contribution in [0.4, 0.5) is 5.82 Å². The van der Waals surface area contributed by atoms with Gasteiger partial charge in [0.25, 0.3) is 5.56 Å². The molecule has 0 unspecified atom stereocenters. The summed E-state index contributed by atoms with van der Waals surface area (Å²) in [6.45, 7) is 1.96. The van der Waals surface area contributed by atoms with Crippen LogP contribution in [0.3, 0.4) is 0 Å². The molecular weight excluding hydrogens is 218 g/mol. The van der Waals surface area contributed by atoms with Gasteiger partial charge in [-0.25, -0.2) is 4.98 Å². The SMILES string of the molecule is COc1cc(C)ccc1-c1nc(N)cc(=O)[nH]1. The second-order valence-electron chi connectivity index (χ2n) is 3.72. The van der Waals surface area contributed by atoms with Crippen LogP contribution in [0.5, 0.6) is 5.75 Å². The van der Waals surface area contributed by atoms with Crippen molar-refractivity contribution in [3.05, 3.63) is 40.2 Å². The van der Waals surface area contributed by atoms with E-state index in [2.05, 4.69) is 9.97 Å². The summed E-state index contributed by atoms with van der Waals surface area (Å²) in [6, 6.07) is 6.87. The normalized spacial score (nSPS) is 10.2. The number of aromatic amines is 1. The van der Waals surface area contributed by atoms with E-state index in [0.717, 1.165) is 5.56 Å². The molecule has 0 aliphatic rings. The number of benzene rings is 1. The lowest BCUT2D eigenvalue weighted by atomic mass is 10.1. The molecule has 0 saturated carbocycles. The highest BCUT2D eigenvalue weighted by Gasteiger charge is 2.09. The molecule has 5 heteroatoms. The van der Waals surface area contributed by atoms with Gasteiger partial charge in [0, 0.05) is 6.07 Å². The number of methoxy groups -OCH3 is 1. The summed E-state index contributed by atoms with van der Waals surface area (Å²) in [5, 5.41) is 0. The van der Waals surface area contributed by atoms with E-state index in [1.165, 1.54) is 6.07 Å². The zero-order valence-electron chi connectivity index (χ0n) is 9.65. The number of aryl methyl sites for hydroxylation is 1. The van der Waals surface area contributed by atoms with Gasteiger partial charge >= 0.3 is 0 Å². The van der Waals surface area contributed by atoms with Gasteiger partial charge in [-0.15, -0.1) is 0 Å². The van der Waals surface area contributed by atoms with Crippen molar-refractivity contribution in [2.24, 2.45) is 0 Å². The average Bonchev–Trinajstić information content (AvgIpc) is 2.27. The highest BCUT2D eigenvalue weighted by Crippen LogP contribution is 2.27. The van der Waals surface area contributed by atoms with Gasteiger partial charge in [0.2, 0.25) is 0 Å². The van der Waals surface area contributed by atoms with E-state index >= 15 is 0 Å². The molecule has 0 aliphatic heterocycles. The Balaban J connectivity index is 2.63. The molecule has 5 nitrogen and oxygen atoms in total. The first kappa shape index (κ1) is 11.2. The van der Waals surface area contributed by atoms with Gasteiger partial charge in [-0.05, 0) is 24.6 Å². The number of H-pyrrole nitrogens is 1. The number of rotatable bonds is 2. The number of nitrogens with zero attached hydrogens (tertiary/aromatic N) is 1. The lowest BCUT2D eigenvalue weighted by molar-refractivity contribution is 0.416. The summed E-state index contributed by atoms with van der Waals surface area (Å²) in [4.78, 5) is 18.1. The Kier molecular flexibility index (Phi) is 2.82. The van der Waals surface area contributed by atoms with E-state index in [4.69, 9.17) is 10.5 Å². The quantitative estimate of drug-likeness (QED) is 0.817. The topological polar surface area (TPSA) is 81.0 Å². The molecule has 0 spiro atoms. The van der Waals surface area contributed by atoms with Crippen molar-refractivity contribution in [2.45, 2.75) is 6.92 Å². The summed E-state index contributed by atoms with van der Waals surface area (Å²) < 4.78 is 5.26. The van der Waals surface area contributed by atoms with Crippen LogP contribution in [-0.4, -0.2) is 17.1 Å². The van der Waals surface area contributed by atoms with E-state index in [-0.39, 0.29) is 11.4 Å². The van der Waals surface area contributed by atoms with Crippen LogP contribution in [0.1, 0.15) is 5.56 Å². The summed E-state index contributed by atoms with van der Waals surface area (Å²) in [7, 11) is 1.57. The monoisotopic (exact) mass is 231 g/mol. The van der Waals surface area contributed by atoms with Gasteiger partial charge in [0.1, 0.15) is 17.4 Å². The van der Waals surface area contributed by atoms with Gasteiger partial charge in [0.05, 0.1) is 12.7 Å². The molecule has 0 radical (unpaired) electrons. The number of nitrogens with two attached hydrogens (primary N) is 1. The fourth-order valence-corrected chi connectivity index (χ4v) is 1.60. The van der Waals surface area contributed by atoms with Crippen LogP contribution in [0.25, 0.3) is 11.4 Å². The second-order valence-corrected chi connectivity index (χ2v) is 3.72. The molecular formula is C12H13N3O2. The molecule has 1 heterocycles. The Morgan fingerprint density at radius 1 is 1.35 bits per heavy atom. The zero-order valence-corrected chi connectivity index (χ0v) is 9.65. The molecule has 2 aromatic rings. The lowest BCUT2D eigenvalue weighted by Crippen LogP contribution is -2.10. The van der Waals surface area contributed by atoms with Gasteiger partial charge in [0.15, 0.2) is 0 Å². The zero-order chi connectivity index (χ0) is 12.4. The predicted molar refractivity (Wildman–Crippen MR) is 66.0 cm³/mol. The molecule has 0 aliphatic carbocycles. The van der Waals surface area contributed by atoms with Gasteiger partial charge < -0.3 is 15.5 Å². The second kappa shape index (κ2) is 4.29. The maximum Gasteiger partial charge on any atom is 0.253 e. The van der Waals surface area contributed by atoms with Gasteiger partial charge in [-0.2, -0.15) is 0 Å². The standard InChI is InChI=1S/C12H13N3O2/c1-7-3-4-8(9(5-7)17-2)12-14-10(13)6-11(16)15-12/h3-6H,1-2H3,(H3,13,14,15,16). The van der Waals surface area contributed by atoms with Crippen LogP contribution in [0.2, 0.25) is 0 Å². The van der Waals surface area contributed by atoms with Crippen LogP contribution >= 0.6 is 0 Å². The number of ether oxygens (including phenoxy) is 1. The third-order valence-corrected chi connectivity index (χ3v) is 2.37. The minimum Gasteiger partial charge on any atom is -0.496 e. The Hall–Kier alpha value is -2.30. The first-order valence-corrected chi connectivity index (χ1v) is 5.12. The smallest absolute Gasteiger partial charge is 0.253 e. The van der Waals surface area contributed by atoms with E-state index in [0.29, 0.717) is 17.1 Å². The molecule has 0 fully saturated rings. The summed E-state index contributed by atoms with van der Waals surface area (Å²) >= 11 is 0. The van der Waals surface area contributed by atoms with Crippen molar-refractivity contribution in [1.82, 2.24) is 9.97 Å². The first-order chi connectivity index (χ1) is 8.10. The number of nitrogens with one attached hydrogen (secondary N) is 1. The predicted octanol–water partition coefficient (Wildman–Crippen LogP) is 1.34. The number of hydrogen-bond acceptors (Lipinski definition) is 4. The molecule has 2 rings (SSSR count). The molecule has 1 aromatic carbocycles. The van der Waals surface area contributed by atoms with Crippen LogP contribution in [0, 0.1) is 6.92 Å². The highest BCUT2D eigenvalue weighted by atomic mass is 16.5. The summed E-state index contributed by atoms with van der Waals surface area (Å²) in [5.41, 5.74) is 7.04. The average molecular weight is 231 g/mol. The summed E-state index contributed by atoms with van der Waals surface area (Å²) in [5.74, 6) is 1.25. The van der Waals surface area contributed by atoms with E-state index < -0.39 is 0 Å².